The van der Waals surface area contributed by atoms with Gasteiger partial charge < -0.3 is 9.88 Å². The average Bonchev–Trinajstić information content (AvgIpc) is 3.34. The van der Waals surface area contributed by atoms with Gasteiger partial charge in [0.2, 0.25) is 0 Å². The summed E-state index contributed by atoms with van der Waals surface area (Å²) in [5.41, 5.74) is 1.74. The molecule has 1 atom stereocenters. The summed E-state index contributed by atoms with van der Waals surface area (Å²) in [5, 5.41) is 17.6. The highest BCUT2D eigenvalue weighted by atomic mass is 15.3. The lowest BCUT2D eigenvalue weighted by molar-refractivity contribution is 0.500. The summed E-state index contributed by atoms with van der Waals surface area (Å²) in [7, 11) is 0. The maximum absolute atomic E-state index is 4.51. The summed E-state index contributed by atoms with van der Waals surface area (Å²) in [4.78, 5) is 8.88. The van der Waals surface area contributed by atoms with E-state index in [1.165, 1.54) is 12.8 Å². The minimum atomic E-state index is -0.0116. The lowest BCUT2D eigenvalue weighted by Crippen LogP contribution is -2.18. The van der Waals surface area contributed by atoms with Gasteiger partial charge in [-0.1, -0.05) is 18.2 Å². The number of rotatable bonds is 4. The highest BCUT2D eigenvalue weighted by Crippen LogP contribution is 2.26. The number of hydrogen-bond donors (Lipinski definition) is 1. The number of hydrogen-bond acceptors (Lipinski definition) is 6. The highest BCUT2D eigenvalue weighted by molar-refractivity contribution is 5.87. The van der Waals surface area contributed by atoms with Crippen molar-refractivity contribution in [3.05, 3.63) is 54.5 Å². The van der Waals surface area contributed by atoms with E-state index in [-0.39, 0.29) is 6.04 Å². The molecular formula is C19H20N8. The van der Waals surface area contributed by atoms with Crippen LogP contribution in [0.15, 0.2) is 42.9 Å². The SMILES string of the molecule is CC(Nc1ncnc2c1cnn2-c1ccccc1)c1nnc2n1CCCC2. The molecule has 1 aliphatic heterocycles. The van der Waals surface area contributed by atoms with Gasteiger partial charge in [-0.05, 0) is 31.9 Å². The molecule has 0 fully saturated rings. The minimum absolute atomic E-state index is 0.0116. The molecule has 0 aliphatic carbocycles. The van der Waals surface area contributed by atoms with E-state index in [0.29, 0.717) is 0 Å². The Morgan fingerprint density at radius 1 is 1.07 bits per heavy atom. The quantitative estimate of drug-likeness (QED) is 0.602. The van der Waals surface area contributed by atoms with Crippen molar-refractivity contribution in [3.63, 3.8) is 0 Å². The molecule has 0 saturated heterocycles. The van der Waals surface area contributed by atoms with Gasteiger partial charge in [0.25, 0.3) is 0 Å². The highest BCUT2D eigenvalue weighted by Gasteiger charge is 2.21. The van der Waals surface area contributed by atoms with Gasteiger partial charge >= 0.3 is 0 Å². The molecule has 27 heavy (non-hydrogen) atoms. The molecule has 0 radical (unpaired) electrons. The van der Waals surface area contributed by atoms with Crippen LogP contribution in [-0.2, 0) is 13.0 Å². The van der Waals surface area contributed by atoms with Crippen molar-refractivity contribution in [1.29, 1.82) is 0 Å². The average molecular weight is 360 g/mol. The minimum Gasteiger partial charge on any atom is -0.360 e. The van der Waals surface area contributed by atoms with Gasteiger partial charge in [-0.3, -0.25) is 0 Å². The maximum Gasteiger partial charge on any atom is 0.168 e. The van der Waals surface area contributed by atoms with E-state index in [1.54, 1.807) is 12.5 Å². The molecule has 1 aliphatic rings. The third-order valence-corrected chi connectivity index (χ3v) is 5.00. The fraction of sp³-hybridized carbons (Fsp3) is 0.316. The first-order valence-corrected chi connectivity index (χ1v) is 9.24. The number of para-hydroxylation sites is 1. The van der Waals surface area contributed by atoms with E-state index in [2.05, 4.69) is 42.1 Å². The van der Waals surface area contributed by atoms with Crippen LogP contribution in [0, 0.1) is 0 Å². The Labute approximate surface area is 156 Å². The summed E-state index contributed by atoms with van der Waals surface area (Å²) >= 11 is 0. The first-order chi connectivity index (χ1) is 13.3. The van der Waals surface area contributed by atoms with Crippen LogP contribution < -0.4 is 5.32 Å². The largest absolute Gasteiger partial charge is 0.360 e. The van der Waals surface area contributed by atoms with E-state index in [9.17, 15) is 0 Å². The standard InChI is InChI=1S/C19H20N8/c1-13(18-25-24-16-9-5-6-10-26(16)18)23-17-15-11-22-27(19(15)21-12-20-17)14-7-3-2-4-8-14/h2-4,7-8,11-13H,5-6,9-10H2,1H3,(H,20,21,23). The molecule has 1 N–H and O–H groups in total. The van der Waals surface area contributed by atoms with E-state index in [4.69, 9.17) is 0 Å². The summed E-state index contributed by atoms with van der Waals surface area (Å²) < 4.78 is 4.05. The van der Waals surface area contributed by atoms with Gasteiger partial charge in [-0.25, -0.2) is 14.6 Å². The van der Waals surface area contributed by atoms with Gasteiger partial charge in [0, 0.05) is 13.0 Å². The number of fused-ring (bicyclic) bond motifs is 2. The normalized spacial score (nSPS) is 14.9. The molecule has 0 bridgehead atoms. The Hall–Kier alpha value is -3.29. The predicted octanol–water partition coefficient (Wildman–Crippen LogP) is 2.92. The van der Waals surface area contributed by atoms with Crippen molar-refractivity contribution in [2.45, 2.75) is 38.8 Å². The fourth-order valence-electron chi connectivity index (χ4n) is 3.64. The summed E-state index contributed by atoms with van der Waals surface area (Å²) in [5.74, 6) is 2.78. The van der Waals surface area contributed by atoms with Crippen molar-refractivity contribution < 1.29 is 0 Å². The topological polar surface area (TPSA) is 86.3 Å². The van der Waals surface area contributed by atoms with Crippen LogP contribution in [0.1, 0.15) is 37.5 Å². The molecule has 0 amide bonds. The van der Waals surface area contributed by atoms with Gasteiger partial charge in [-0.15, -0.1) is 10.2 Å². The molecule has 3 aromatic heterocycles. The Kier molecular flexibility index (Phi) is 3.81. The second-order valence-electron chi connectivity index (χ2n) is 6.80. The summed E-state index contributed by atoms with van der Waals surface area (Å²) in [6, 6.07) is 9.96. The fourth-order valence-corrected chi connectivity index (χ4v) is 3.64. The summed E-state index contributed by atoms with van der Waals surface area (Å²) in [6.07, 6.45) is 6.73. The molecule has 8 nitrogen and oxygen atoms in total. The smallest absolute Gasteiger partial charge is 0.168 e. The van der Waals surface area contributed by atoms with Crippen LogP contribution >= 0.6 is 0 Å². The molecule has 1 unspecified atom stereocenters. The molecule has 136 valence electrons. The second kappa shape index (κ2) is 6.46. The number of nitrogens with zero attached hydrogens (tertiary/aromatic N) is 7. The van der Waals surface area contributed by atoms with Crippen molar-refractivity contribution in [2.24, 2.45) is 0 Å². The zero-order valence-electron chi connectivity index (χ0n) is 15.1. The monoisotopic (exact) mass is 360 g/mol. The Morgan fingerprint density at radius 3 is 2.85 bits per heavy atom. The van der Waals surface area contributed by atoms with Crippen molar-refractivity contribution in [1.82, 2.24) is 34.5 Å². The van der Waals surface area contributed by atoms with Gasteiger partial charge in [-0.2, -0.15) is 5.10 Å². The predicted molar refractivity (Wildman–Crippen MR) is 102 cm³/mol. The molecule has 8 heteroatoms. The molecule has 1 aromatic carbocycles. The number of anilines is 1. The van der Waals surface area contributed by atoms with Crippen molar-refractivity contribution >= 4 is 16.9 Å². The molecule has 0 spiro atoms. The van der Waals surface area contributed by atoms with Crippen molar-refractivity contribution in [3.8, 4) is 5.69 Å². The maximum atomic E-state index is 4.51. The number of aryl methyl sites for hydroxylation is 1. The third kappa shape index (κ3) is 2.73. The van der Waals surface area contributed by atoms with Gasteiger partial charge in [0.05, 0.1) is 23.3 Å². The van der Waals surface area contributed by atoms with Gasteiger partial charge in [0.1, 0.15) is 18.0 Å². The summed E-state index contributed by atoms with van der Waals surface area (Å²) in [6.45, 7) is 3.07. The van der Waals surface area contributed by atoms with Crippen LogP contribution in [0.4, 0.5) is 5.82 Å². The van der Waals surface area contributed by atoms with E-state index < -0.39 is 0 Å². The Bertz CT molecular complexity index is 1080. The van der Waals surface area contributed by atoms with E-state index >= 15 is 0 Å². The lowest BCUT2D eigenvalue weighted by atomic mass is 10.1. The molecular weight excluding hydrogens is 340 g/mol. The molecule has 4 heterocycles. The zero-order chi connectivity index (χ0) is 18.2. The first kappa shape index (κ1) is 15.9. The van der Waals surface area contributed by atoms with Crippen LogP contribution in [-0.4, -0.2) is 34.5 Å². The van der Waals surface area contributed by atoms with E-state index in [0.717, 1.165) is 47.2 Å². The Balaban J connectivity index is 1.49. The van der Waals surface area contributed by atoms with Crippen LogP contribution in [0.5, 0.6) is 0 Å². The van der Waals surface area contributed by atoms with Crippen LogP contribution in [0.2, 0.25) is 0 Å². The van der Waals surface area contributed by atoms with Crippen LogP contribution in [0.25, 0.3) is 16.7 Å². The first-order valence-electron chi connectivity index (χ1n) is 9.24. The molecule has 4 aromatic rings. The number of nitrogens with one attached hydrogen (secondary N) is 1. The van der Waals surface area contributed by atoms with E-state index in [1.807, 2.05) is 35.0 Å². The third-order valence-electron chi connectivity index (χ3n) is 5.00. The van der Waals surface area contributed by atoms with Gasteiger partial charge in [0.15, 0.2) is 11.5 Å². The zero-order valence-corrected chi connectivity index (χ0v) is 15.1. The Morgan fingerprint density at radius 2 is 1.96 bits per heavy atom. The second-order valence-corrected chi connectivity index (χ2v) is 6.80. The number of aromatic nitrogens is 7. The van der Waals surface area contributed by atoms with Crippen LogP contribution in [0.3, 0.4) is 0 Å². The number of benzene rings is 1. The lowest BCUT2D eigenvalue weighted by Gasteiger charge is -2.19. The molecule has 5 rings (SSSR count). The molecule has 0 saturated carbocycles. The van der Waals surface area contributed by atoms with Crippen molar-refractivity contribution in [2.75, 3.05) is 5.32 Å².